The number of phenolic OH excluding ortho intramolecular Hbond substituents is 1. The van der Waals surface area contributed by atoms with Crippen LogP contribution in [-0.4, -0.2) is 29.0 Å². The van der Waals surface area contributed by atoms with E-state index in [4.69, 9.17) is 0 Å². The van der Waals surface area contributed by atoms with Crippen LogP contribution in [0, 0.1) is 16.0 Å². The van der Waals surface area contributed by atoms with E-state index < -0.39 is 4.92 Å². The van der Waals surface area contributed by atoms with Crippen molar-refractivity contribution >= 4 is 17.3 Å². The first-order valence-electron chi connectivity index (χ1n) is 5.54. The molecule has 1 aliphatic rings. The molecule has 0 radical (unpaired) electrons. The van der Waals surface area contributed by atoms with Gasteiger partial charge in [-0.05, 0) is 31.1 Å². The maximum absolute atomic E-state index is 11.7. The number of carbonyl (C=O) groups excluding carboxylic acids is 1. The molecule has 0 bridgehead atoms. The first kappa shape index (κ1) is 12.3. The topological polar surface area (TPSA) is 104 Å². The maximum atomic E-state index is 11.7. The summed E-state index contributed by atoms with van der Waals surface area (Å²) in [6, 6.07) is 3.64. The summed E-state index contributed by atoms with van der Waals surface area (Å²) >= 11 is 0. The number of hydrogen-bond acceptors (Lipinski definition) is 5. The Morgan fingerprint density at radius 3 is 2.83 bits per heavy atom. The highest BCUT2D eigenvalue weighted by molar-refractivity contribution is 5.93. The summed E-state index contributed by atoms with van der Waals surface area (Å²) in [7, 11) is 0. The third kappa shape index (κ3) is 2.75. The van der Waals surface area contributed by atoms with Gasteiger partial charge in [-0.1, -0.05) is 0 Å². The van der Waals surface area contributed by atoms with Crippen molar-refractivity contribution in [2.75, 3.05) is 18.4 Å². The van der Waals surface area contributed by atoms with Crippen molar-refractivity contribution in [3.8, 4) is 5.75 Å². The molecular formula is C11H13N3O4. The summed E-state index contributed by atoms with van der Waals surface area (Å²) in [6.45, 7) is 1.59. The van der Waals surface area contributed by atoms with E-state index in [1.54, 1.807) is 0 Å². The summed E-state index contributed by atoms with van der Waals surface area (Å²) < 4.78 is 0. The fourth-order valence-electron chi connectivity index (χ4n) is 1.73. The Kier molecular flexibility index (Phi) is 3.42. The molecule has 1 aromatic rings. The first-order valence-corrected chi connectivity index (χ1v) is 5.54. The minimum Gasteiger partial charge on any atom is -0.508 e. The third-order valence-corrected chi connectivity index (χ3v) is 2.79. The van der Waals surface area contributed by atoms with Crippen LogP contribution in [0.3, 0.4) is 0 Å². The number of benzene rings is 1. The van der Waals surface area contributed by atoms with Gasteiger partial charge in [-0.3, -0.25) is 14.9 Å². The molecule has 1 amide bonds. The van der Waals surface area contributed by atoms with Crippen LogP contribution in [0.25, 0.3) is 0 Å². The number of nitrogens with zero attached hydrogens (tertiary/aromatic N) is 1. The number of rotatable bonds is 4. The van der Waals surface area contributed by atoms with E-state index in [0.29, 0.717) is 12.3 Å². The predicted molar refractivity (Wildman–Crippen MR) is 64.4 cm³/mol. The molecule has 0 aliphatic carbocycles. The van der Waals surface area contributed by atoms with Gasteiger partial charge in [0.1, 0.15) is 11.4 Å². The minimum atomic E-state index is -0.639. The van der Waals surface area contributed by atoms with E-state index in [1.807, 2.05) is 0 Å². The van der Waals surface area contributed by atoms with Gasteiger partial charge in [-0.25, -0.2) is 0 Å². The number of aromatic hydroxyl groups is 1. The summed E-state index contributed by atoms with van der Waals surface area (Å²) in [4.78, 5) is 21.8. The summed E-state index contributed by atoms with van der Waals surface area (Å²) in [5.74, 6) is -0.167. The molecule has 0 atom stereocenters. The molecule has 0 unspecified atom stereocenters. The highest BCUT2D eigenvalue weighted by atomic mass is 16.6. The lowest BCUT2D eigenvalue weighted by Crippen LogP contribution is -2.43. The number of nitro benzene ring substituents is 1. The minimum absolute atomic E-state index is 0.107. The van der Waals surface area contributed by atoms with Crippen LogP contribution in [-0.2, 0) is 4.79 Å². The highest BCUT2D eigenvalue weighted by Gasteiger charge is 2.22. The lowest BCUT2D eigenvalue weighted by Gasteiger charge is -2.26. The molecule has 7 nitrogen and oxygen atoms in total. The number of nitrogens with one attached hydrogen (secondary N) is 2. The fourth-order valence-corrected chi connectivity index (χ4v) is 1.73. The zero-order valence-corrected chi connectivity index (χ0v) is 9.55. The summed E-state index contributed by atoms with van der Waals surface area (Å²) in [5, 5.41) is 25.5. The Balaban J connectivity index is 2.07. The second-order valence-corrected chi connectivity index (χ2v) is 4.24. The quantitative estimate of drug-likeness (QED) is 0.418. The zero-order valence-electron chi connectivity index (χ0n) is 9.55. The standard InChI is InChI=1S/C11H13N3O4/c15-8-1-2-9(10(4-8)14(17)18)13-11(16)3-7-5-12-6-7/h1-2,4,7,12,15H,3,5-6H2,(H,13,16). The predicted octanol–water partition coefficient (Wildman–Crippen LogP) is 0.848. The van der Waals surface area contributed by atoms with Crippen LogP contribution in [0.15, 0.2) is 18.2 Å². The normalized spacial score (nSPS) is 14.9. The molecule has 0 saturated carbocycles. The molecule has 1 aliphatic heterocycles. The largest absolute Gasteiger partial charge is 0.508 e. The molecule has 1 fully saturated rings. The molecule has 1 saturated heterocycles. The molecule has 1 heterocycles. The van der Waals surface area contributed by atoms with Crippen molar-refractivity contribution in [2.45, 2.75) is 6.42 Å². The Morgan fingerprint density at radius 1 is 1.56 bits per heavy atom. The second-order valence-electron chi connectivity index (χ2n) is 4.24. The SMILES string of the molecule is O=C(CC1CNC1)Nc1ccc(O)cc1[N+](=O)[O-]. The van der Waals surface area contributed by atoms with Crippen molar-refractivity contribution in [1.29, 1.82) is 0 Å². The Bertz CT molecular complexity index is 485. The third-order valence-electron chi connectivity index (χ3n) is 2.79. The van der Waals surface area contributed by atoms with Gasteiger partial charge < -0.3 is 15.7 Å². The van der Waals surface area contributed by atoms with E-state index in [1.165, 1.54) is 12.1 Å². The van der Waals surface area contributed by atoms with E-state index in [9.17, 15) is 20.0 Å². The number of hydrogen-bond donors (Lipinski definition) is 3. The number of nitro groups is 1. The number of anilines is 1. The molecule has 7 heteroatoms. The Morgan fingerprint density at radius 2 is 2.28 bits per heavy atom. The molecule has 2 rings (SSSR count). The van der Waals surface area contributed by atoms with Crippen molar-refractivity contribution in [3.63, 3.8) is 0 Å². The summed E-state index contributed by atoms with van der Waals surface area (Å²) in [5.41, 5.74) is -0.204. The lowest BCUT2D eigenvalue weighted by molar-refractivity contribution is -0.384. The van der Waals surface area contributed by atoms with Crippen LogP contribution < -0.4 is 10.6 Å². The zero-order chi connectivity index (χ0) is 13.1. The highest BCUT2D eigenvalue weighted by Crippen LogP contribution is 2.28. The van der Waals surface area contributed by atoms with E-state index >= 15 is 0 Å². The van der Waals surface area contributed by atoms with Gasteiger partial charge in [0.25, 0.3) is 5.69 Å². The van der Waals surface area contributed by atoms with Gasteiger partial charge in [0, 0.05) is 6.42 Å². The number of phenols is 1. The average molecular weight is 251 g/mol. The van der Waals surface area contributed by atoms with Gasteiger partial charge in [0.2, 0.25) is 5.91 Å². The maximum Gasteiger partial charge on any atom is 0.296 e. The van der Waals surface area contributed by atoms with Crippen molar-refractivity contribution in [1.82, 2.24) is 5.32 Å². The number of carbonyl (C=O) groups is 1. The van der Waals surface area contributed by atoms with Gasteiger partial charge in [0.05, 0.1) is 11.0 Å². The Labute approximate surface area is 103 Å². The lowest BCUT2D eigenvalue weighted by atomic mass is 9.99. The van der Waals surface area contributed by atoms with Gasteiger partial charge in [-0.2, -0.15) is 0 Å². The fraction of sp³-hybridized carbons (Fsp3) is 0.364. The van der Waals surface area contributed by atoms with Crippen LogP contribution in [0.2, 0.25) is 0 Å². The van der Waals surface area contributed by atoms with Crippen LogP contribution in [0.4, 0.5) is 11.4 Å². The first-order chi connectivity index (χ1) is 8.56. The van der Waals surface area contributed by atoms with E-state index in [2.05, 4.69) is 10.6 Å². The second kappa shape index (κ2) is 5.01. The summed E-state index contributed by atoms with van der Waals surface area (Å²) in [6.07, 6.45) is 0.338. The Hall–Kier alpha value is -2.15. The van der Waals surface area contributed by atoms with Crippen molar-refractivity contribution < 1.29 is 14.8 Å². The average Bonchev–Trinajstić information content (AvgIpc) is 2.26. The van der Waals surface area contributed by atoms with Crippen molar-refractivity contribution in [3.05, 3.63) is 28.3 Å². The molecule has 3 N–H and O–H groups in total. The molecule has 18 heavy (non-hydrogen) atoms. The van der Waals surface area contributed by atoms with Crippen LogP contribution >= 0.6 is 0 Å². The molecular weight excluding hydrogens is 238 g/mol. The molecule has 0 aromatic heterocycles. The monoisotopic (exact) mass is 251 g/mol. The molecule has 0 spiro atoms. The van der Waals surface area contributed by atoms with Gasteiger partial charge in [0.15, 0.2) is 0 Å². The van der Waals surface area contributed by atoms with Crippen molar-refractivity contribution in [2.24, 2.45) is 5.92 Å². The van der Waals surface area contributed by atoms with Crippen LogP contribution in [0.5, 0.6) is 5.75 Å². The van der Waals surface area contributed by atoms with Gasteiger partial charge >= 0.3 is 0 Å². The van der Waals surface area contributed by atoms with E-state index in [-0.39, 0.29) is 23.0 Å². The number of amides is 1. The smallest absolute Gasteiger partial charge is 0.296 e. The van der Waals surface area contributed by atoms with E-state index in [0.717, 1.165) is 19.2 Å². The van der Waals surface area contributed by atoms with Gasteiger partial charge in [-0.15, -0.1) is 0 Å². The molecule has 1 aromatic carbocycles. The van der Waals surface area contributed by atoms with Crippen LogP contribution in [0.1, 0.15) is 6.42 Å². The molecule has 96 valence electrons.